The van der Waals surface area contributed by atoms with E-state index in [1.54, 1.807) is 27.7 Å². The summed E-state index contributed by atoms with van der Waals surface area (Å²) in [5.74, 6) is 199. The van der Waals surface area contributed by atoms with Gasteiger partial charge >= 0.3 is 0 Å². The van der Waals surface area contributed by atoms with Crippen molar-refractivity contribution in [1.29, 1.82) is 0 Å². The van der Waals surface area contributed by atoms with E-state index in [4.69, 9.17) is 25.7 Å². The molecule has 0 atom stereocenters. The molecule has 574 valence electrons. The standard InChI is InChI=1S/3C31H10.C27H8.4C2H6/c1-3-5-7-9-11-13-14-16-18-22-28-26-27-29-23-20-21-25-31(29)30(28)24-19-17-15-12-10-8-6-4-2;1-3-5-7-9-11-13-15-17-19-24-30-28(22-18-16-14-12-10-8-6-4-2)26-27-29-23-20-21-25-31(29)30;1-3-5-7-9-11-13-15-17-19-23-29-27-31-25-21-20-24-30(31)26-28(29)22-18-16-14-12-10-8-6-4-2;1-3-5-7-9-11-13-15-17-19-23-27-25-21-20-24-26(27)22-18-16-14-12-10-8-6-4-2;4*1-2/h2*2,20-21,23,25-27H,1H3;2,20-21,24-27H,1H3;2,20-21,24-25H,1H3;4*1-2H3. The molecule has 0 aliphatic heterocycles. The second-order valence-corrected chi connectivity index (χ2v) is 19.8. The van der Waals surface area contributed by atoms with E-state index in [-0.39, 0.29) is 0 Å². The zero-order valence-electron chi connectivity index (χ0n) is 72.0. The fourth-order valence-corrected chi connectivity index (χ4v) is 7.72. The van der Waals surface area contributed by atoms with Crippen LogP contribution < -0.4 is 0 Å². The van der Waals surface area contributed by atoms with Gasteiger partial charge < -0.3 is 0 Å². The lowest BCUT2D eigenvalue weighted by atomic mass is 9.99. The molecule has 0 spiro atoms. The Kier molecular flexibility index (Phi) is 67.1. The molecule has 0 fully saturated rings. The van der Waals surface area contributed by atoms with Crippen molar-refractivity contribution in [2.24, 2.45) is 0 Å². The van der Waals surface area contributed by atoms with Crippen molar-refractivity contribution < 1.29 is 0 Å². The van der Waals surface area contributed by atoms with E-state index in [2.05, 4.69) is 450 Å². The first-order valence-electron chi connectivity index (χ1n) is 37.7. The van der Waals surface area contributed by atoms with Crippen LogP contribution in [0.2, 0.25) is 0 Å². The Labute approximate surface area is 763 Å². The number of rotatable bonds is 0. The van der Waals surface area contributed by atoms with Gasteiger partial charge in [0.2, 0.25) is 0 Å². The van der Waals surface area contributed by atoms with Gasteiger partial charge in [-0.15, -0.1) is 25.7 Å². The zero-order chi connectivity index (χ0) is 93.4. The van der Waals surface area contributed by atoms with Gasteiger partial charge in [-0.25, -0.2) is 0 Å². The van der Waals surface area contributed by atoms with Gasteiger partial charge in [-0.05, 0) is 475 Å². The number of benzene rings is 7. The van der Waals surface area contributed by atoms with Gasteiger partial charge in [-0.2, -0.15) is 0 Å². The molecule has 0 saturated carbocycles. The molecule has 0 aliphatic carbocycles. The summed E-state index contributed by atoms with van der Waals surface area (Å²) in [6.07, 6.45) is 20.0. The molecule has 0 bridgehead atoms. The van der Waals surface area contributed by atoms with Crippen molar-refractivity contribution in [2.75, 3.05) is 0 Å². The third kappa shape index (κ3) is 53.0. The Morgan fingerprint density at radius 2 is 0.320 bits per heavy atom. The van der Waals surface area contributed by atoms with E-state index in [1.807, 2.05) is 189 Å². The summed E-state index contributed by atoms with van der Waals surface area (Å²) in [4.78, 5) is 0. The van der Waals surface area contributed by atoms with E-state index in [0.29, 0.717) is 0 Å². The number of hydrogen-bond acceptors (Lipinski definition) is 0. The molecule has 0 nitrogen and oxygen atoms in total. The van der Waals surface area contributed by atoms with Crippen molar-refractivity contribution in [3.63, 3.8) is 0 Å². The summed E-state index contributed by atoms with van der Waals surface area (Å²) >= 11 is 0. The normalized spacial score (nSPS) is 6.03. The van der Waals surface area contributed by atoms with Gasteiger partial charge in [0.25, 0.3) is 0 Å². The van der Waals surface area contributed by atoms with Crippen LogP contribution in [0.1, 0.15) is 128 Å². The second kappa shape index (κ2) is 81.3. The summed E-state index contributed by atoms with van der Waals surface area (Å²) in [7, 11) is 0. The predicted octanol–water partition coefficient (Wildman–Crippen LogP) is 15.8. The van der Waals surface area contributed by atoms with Crippen LogP contribution in [0, 0.1) is 476 Å². The Morgan fingerprint density at radius 3 is 0.547 bits per heavy atom. The Morgan fingerprint density at radius 1 is 0.148 bits per heavy atom. The maximum atomic E-state index is 5.01. The lowest BCUT2D eigenvalue weighted by Gasteiger charge is -2.03. The average Bonchev–Trinajstić information content (AvgIpc) is 0.803. The van der Waals surface area contributed by atoms with Crippen molar-refractivity contribution in [3.05, 3.63) is 178 Å². The molecular formula is C128H62. The Bertz CT molecular complexity index is 8000. The molecule has 0 radical (unpaired) electrons. The fraction of sp³-hybridized carbons (Fsp3) is 0.0938. The molecule has 0 unspecified atom stereocenters. The van der Waals surface area contributed by atoms with Crippen LogP contribution >= 0.6 is 0 Å². The van der Waals surface area contributed by atoms with E-state index >= 15 is 0 Å². The van der Waals surface area contributed by atoms with Gasteiger partial charge in [0.1, 0.15) is 0 Å². The number of terminal acetylenes is 4. The molecular weight excluding hydrogens is 1540 g/mol. The predicted molar refractivity (Wildman–Crippen MR) is 534 cm³/mol. The van der Waals surface area contributed by atoms with Crippen LogP contribution in [0.15, 0.2) is 133 Å². The van der Waals surface area contributed by atoms with Gasteiger partial charge in [-0.1, -0.05) is 223 Å². The van der Waals surface area contributed by atoms with Crippen molar-refractivity contribution in [1.82, 2.24) is 0 Å². The molecule has 0 amide bonds. The Balaban J connectivity index is 0.00000164. The van der Waals surface area contributed by atoms with Crippen LogP contribution in [-0.4, -0.2) is 0 Å². The van der Waals surface area contributed by atoms with Crippen LogP contribution in [0.3, 0.4) is 0 Å². The van der Waals surface area contributed by atoms with E-state index in [1.165, 1.54) is 0 Å². The van der Waals surface area contributed by atoms with Gasteiger partial charge in [0.15, 0.2) is 0 Å². The number of hydrogen-bond donors (Lipinski definition) is 0. The molecule has 0 saturated heterocycles. The van der Waals surface area contributed by atoms with E-state index < -0.39 is 0 Å². The van der Waals surface area contributed by atoms with Crippen LogP contribution in [0.25, 0.3) is 32.3 Å². The minimum Gasteiger partial charge on any atom is -0.106 e. The first-order valence-corrected chi connectivity index (χ1v) is 37.7. The van der Waals surface area contributed by atoms with Crippen molar-refractivity contribution in [2.45, 2.75) is 83.1 Å². The maximum Gasteiger partial charge on any atom is 0.0490 e. The third-order valence-corrected chi connectivity index (χ3v) is 12.3. The molecule has 0 heteroatoms. The lowest BCUT2D eigenvalue weighted by molar-refractivity contribution is 1.50. The highest BCUT2D eigenvalue weighted by molar-refractivity contribution is 5.92. The average molecular weight is 1600 g/mol. The highest BCUT2D eigenvalue weighted by Gasteiger charge is 2.06. The molecule has 0 N–H and O–H groups in total. The van der Waals surface area contributed by atoms with E-state index in [9.17, 15) is 0 Å². The monoisotopic (exact) mass is 1600 g/mol. The SMILES string of the molecule is C#CC#CC#CC#CC#Cc1c(C#CC#CC#CC#CC#CC)ccc2ccccc12.C#CC#CC#CC#CC#Cc1cc2ccccc2cc1C#CC#CC#CC#CC#CC.C#CC#CC#CC#CC#Cc1ccc2ccccc2c1C#CC#CC#CC#CC#CC.C#CC#CC#CC#CC#Cc1ccccc1C#CC#CC#CC#CC#CC.CC.CC.CC.CC. The highest BCUT2D eigenvalue weighted by atomic mass is 14.1. The largest absolute Gasteiger partial charge is 0.106 e. The quantitative estimate of drug-likeness (QED) is 0.133. The summed E-state index contributed by atoms with van der Waals surface area (Å²) < 4.78 is 0. The van der Waals surface area contributed by atoms with Crippen molar-refractivity contribution >= 4 is 32.3 Å². The van der Waals surface area contributed by atoms with Gasteiger partial charge in [0.05, 0.1) is 0 Å². The van der Waals surface area contributed by atoms with Gasteiger partial charge in [0, 0.05) is 44.5 Å². The topological polar surface area (TPSA) is 0 Å². The van der Waals surface area contributed by atoms with Crippen LogP contribution in [0.5, 0.6) is 0 Å². The summed E-state index contributed by atoms with van der Waals surface area (Å²) in [6.45, 7) is 22.8. The minimum absolute atomic E-state index is 0.747. The molecule has 0 aliphatic rings. The summed E-state index contributed by atoms with van der Waals surface area (Å²) in [5, 5.41) is 6.19. The zero-order valence-corrected chi connectivity index (χ0v) is 72.0. The Hall–Kier alpha value is -22.3. The lowest BCUT2D eigenvalue weighted by Crippen LogP contribution is -1.86. The molecule has 7 aromatic rings. The minimum atomic E-state index is 0.747. The smallest absolute Gasteiger partial charge is 0.0490 e. The van der Waals surface area contributed by atoms with Gasteiger partial charge in [-0.3, -0.25) is 0 Å². The third-order valence-electron chi connectivity index (χ3n) is 12.3. The summed E-state index contributed by atoms with van der Waals surface area (Å²) in [5.41, 5.74) is 6.04. The summed E-state index contributed by atoms with van der Waals surface area (Å²) in [6, 6.07) is 43.0. The van der Waals surface area contributed by atoms with Crippen molar-refractivity contribution in [3.8, 4) is 476 Å². The molecule has 0 aromatic heterocycles. The molecule has 7 aromatic carbocycles. The van der Waals surface area contributed by atoms with Crippen LogP contribution in [0.4, 0.5) is 0 Å². The second-order valence-electron chi connectivity index (χ2n) is 19.8. The van der Waals surface area contributed by atoms with E-state index in [0.717, 1.165) is 76.8 Å². The first kappa shape index (κ1) is 106. The van der Waals surface area contributed by atoms with Crippen LogP contribution in [-0.2, 0) is 0 Å². The molecule has 0 heterocycles. The maximum absolute atomic E-state index is 5.01. The highest BCUT2D eigenvalue weighted by Crippen LogP contribution is 2.23. The first-order chi connectivity index (χ1) is 63.5. The molecule has 128 heavy (non-hydrogen) atoms. The molecule has 7 rings (SSSR count). The number of fused-ring (bicyclic) bond motifs is 3. The fourth-order valence-electron chi connectivity index (χ4n) is 7.72.